The van der Waals surface area contributed by atoms with Gasteiger partial charge in [0.05, 0.1) is 0 Å². The van der Waals surface area contributed by atoms with E-state index in [9.17, 15) is 9.59 Å². The topological polar surface area (TPSA) is 79.0 Å². The van der Waals surface area contributed by atoms with Crippen molar-refractivity contribution in [1.82, 2.24) is 19.9 Å². The lowest BCUT2D eigenvalue weighted by Gasteiger charge is -2.31. The smallest absolute Gasteiger partial charge is 0.251 e. The molecule has 0 radical (unpaired) electrons. The molecule has 1 aliphatic heterocycles. The molecule has 0 spiro atoms. The molecule has 3 heterocycles. The highest BCUT2D eigenvalue weighted by atomic mass is 32.1. The number of rotatable bonds is 3. The van der Waals surface area contributed by atoms with Crippen LogP contribution in [0.5, 0.6) is 0 Å². The van der Waals surface area contributed by atoms with Gasteiger partial charge < -0.3 is 9.88 Å². The van der Waals surface area contributed by atoms with E-state index in [0.29, 0.717) is 17.9 Å². The normalized spacial score (nSPS) is 16.0. The zero-order chi connectivity index (χ0) is 15.5. The molecule has 0 aromatic carbocycles. The van der Waals surface area contributed by atoms with Gasteiger partial charge in [-0.05, 0) is 12.8 Å². The summed E-state index contributed by atoms with van der Waals surface area (Å²) in [4.78, 5) is 37.1. The maximum absolute atomic E-state index is 11.9. The average molecular weight is 318 g/mol. The zero-order valence-electron chi connectivity index (χ0n) is 12.4. The lowest BCUT2D eigenvalue weighted by atomic mass is 9.95. The molecule has 0 saturated carbocycles. The molecule has 2 aromatic rings. The molecule has 0 bridgehead atoms. The van der Waals surface area contributed by atoms with Crippen LogP contribution in [0.1, 0.15) is 37.9 Å². The van der Waals surface area contributed by atoms with Crippen LogP contribution in [-0.2, 0) is 4.79 Å². The maximum Gasteiger partial charge on any atom is 0.251 e. The first kappa shape index (κ1) is 14.9. The Hall–Kier alpha value is -2.02. The van der Waals surface area contributed by atoms with Crippen LogP contribution >= 0.6 is 11.3 Å². The third-order valence-corrected chi connectivity index (χ3v) is 4.74. The van der Waals surface area contributed by atoms with Gasteiger partial charge in [0, 0.05) is 43.1 Å². The van der Waals surface area contributed by atoms with Crippen LogP contribution in [0.15, 0.2) is 22.4 Å². The summed E-state index contributed by atoms with van der Waals surface area (Å²) in [6.45, 7) is 3.33. The maximum atomic E-state index is 11.9. The van der Waals surface area contributed by atoms with Gasteiger partial charge in [-0.3, -0.25) is 9.59 Å². The van der Waals surface area contributed by atoms with Gasteiger partial charge in [-0.1, -0.05) is 6.92 Å². The number of H-pyrrole nitrogens is 1. The first-order chi connectivity index (χ1) is 10.7. The van der Waals surface area contributed by atoms with E-state index in [1.165, 1.54) is 17.4 Å². The summed E-state index contributed by atoms with van der Waals surface area (Å²) in [6, 6.07) is 1.48. The van der Waals surface area contributed by atoms with E-state index in [2.05, 4.69) is 15.0 Å². The van der Waals surface area contributed by atoms with Crippen molar-refractivity contribution in [2.75, 3.05) is 13.1 Å². The molecule has 116 valence electrons. The Morgan fingerprint density at radius 1 is 1.45 bits per heavy atom. The number of aromatic amines is 1. The Bertz CT molecular complexity index is 703. The summed E-state index contributed by atoms with van der Waals surface area (Å²) in [6.07, 6.45) is 3.91. The number of piperidine rings is 1. The highest BCUT2D eigenvalue weighted by Crippen LogP contribution is 2.27. The Labute approximate surface area is 132 Å². The largest absolute Gasteiger partial charge is 0.343 e. The predicted octanol–water partition coefficient (Wildman–Crippen LogP) is 2.01. The van der Waals surface area contributed by atoms with Crippen LogP contribution in [0.3, 0.4) is 0 Å². The van der Waals surface area contributed by atoms with E-state index < -0.39 is 0 Å². The summed E-state index contributed by atoms with van der Waals surface area (Å²) in [5.74, 6) is 1.09. The molecular weight excluding hydrogens is 300 g/mol. The number of aromatic nitrogens is 3. The third kappa shape index (κ3) is 3.09. The second-order valence-electron chi connectivity index (χ2n) is 5.36. The first-order valence-electron chi connectivity index (χ1n) is 7.46. The summed E-state index contributed by atoms with van der Waals surface area (Å²) in [5.41, 5.74) is 0.475. The monoisotopic (exact) mass is 318 g/mol. The van der Waals surface area contributed by atoms with E-state index in [1.54, 1.807) is 6.20 Å². The lowest BCUT2D eigenvalue weighted by molar-refractivity contribution is -0.131. The fourth-order valence-corrected chi connectivity index (χ4v) is 3.35. The molecule has 1 amide bonds. The van der Waals surface area contributed by atoms with Gasteiger partial charge in [-0.25, -0.2) is 9.97 Å². The number of nitrogens with zero attached hydrogens (tertiary/aromatic N) is 3. The molecular formula is C15H18N4O2S. The van der Waals surface area contributed by atoms with Crippen molar-refractivity contribution in [1.29, 1.82) is 0 Å². The molecule has 0 unspecified atom stereocenters. The Morgan fingerprint density at radius 3 is 2.86 bits per heavy atom. The molecule has 22 heavy (non-hydrogen) atoms. The Morgan fingerprint density at radius 2 is 2.23 bits per heavy atom. The lowest BCUT2D eigenvalue weighted by Crippen LogP contribution is -2.38. The minimum absolute atomic E-state index is 0.151. The van der Waals surface area contributed by atoms with Crippen molar-refractivity contribution < 1.29 is 4.79 Å². The minimum atomic E-state index is -0.151. The molecule has 1 saturated heterocycles. The van der Waals surface area contributed by atoms with E-state index in [1.807, 2.05) is 17.2 Å². The first-order valence-corrected chi connectivity index (χ1v) is 8.34. The van der Waals surface area contributed by atoms with Crippen LogP contribution in [0.2, 0.25) is 0 Å². The molecule has 0 atom stereocenters. The quantitative estimate of drug-likeness (QED) is 0.939. The van der Waals surface area contributed by atoms with Gasteiger partial charge in [0.2, 0.25) is 5.91 Å². The fourth-order valence-electron chi connectivity index (χ4n) is 2.76. The Kier molecular flexibility index (Phi) is 4.33. The van der Waals surface area contributed by atoms with Crippen LogP contribution in [0, 0.1) is 0 Å². The van der Waals surface area contributed by atoms with E-state index >= 15 is 0 Å². The molecule has 7 heteroatoms. The number of amides is 1. The molecule has 3 rings (SSSR count). The van der Waals surface area contributed by atoms with Crippen LogP contribution in [-0.4, -0.2) is 38.8 Å². The van der Waals surface area contributed by atoms with Gasteiger partial charge in [-0.15, -0.1) is 11.3 Å². The zero-order valence-corrected chi connectivity index (χ0v) is 13.2. The second-order valence-corrected chi connectivity index (χ2v) is 6.26. The van der Waals surface area contributed by atoms with Crippen LogP contribution in [0.4, 0.5) is 0 Å². The number of likely N-dealkylation sites (tertiary alicyclic amines) is 1. The van der Waals surface area contributed by atoms with Crippen molar-refractivity contribution in [2.45, 2.75) is 32.1 Å². The predicted molar refractivity (Wildman–Crippen MR) is 84.8 cm³/mol. The minimum Gasteiger partial charge on any atom is -0.343 e. The average Bonchev–Trinajstić information content (AvgIpc) is 3.08. The van der Waals surface area contributed by atoms with Crippen molar-refractivity contribution in [3.8, 4) is 10.7 Å². The second kappa shape index (κ2) is 6.39. The van der Waals surface area contributed by atoms with Crippen LogP contribution < -0.4 is 5.56 Å². The van der Waals surface area contributed by atoms with Gasteiger partial charge in [0.1, 0.15) is 16.5 Å². The summed E-state index contributed by atoms with van der Waals surface area (Å²) >= 11 is 1.47. The van der Waals surface area contributed by atoms with Crippen molar-refractivity contribution >= 4 is 17.2 Å². The Balaban J connectivity index is 1.79. The highest BCUT2D eigenvalue weighted by Gasteiger charge is 2.25. The SMILES string of the molecule is CCC(=O)N1CCC(c2nc(-c3nccs3)cc(=O)[nH]2)CC1. The molecule has 0 aliphatic carbocycles. The van der Waals surface area contributed by atoms with Gasteiger partial charge in [0.25, 0.3) is 5.56 Å². The van der Waals surface area contributed by atoms with Crippen LogP contribution in [0.25, 0.3) is 10.7 Å². The number of thiazole rings is 1. The number of hydrogen-bond donors (Lipinski definition) is 1. The molecule has 2 aromatic heterocycles. The molecule has 1 fully saturated rings. The van der Waals surface area contributed by atoms with E-state index in [-0.39, 0.29) is 17.4 Å². The molecule has 1 aliphatic rings. The fraction of sp³-hybridized carbons (Fsp3) is 0.467. The summed E-state index contributed by atoms with van der Waals surface area (Å²) in [5, 5.41) is 2.62. The van der Waals surface area contributed by atoms with Gasteiger partial charge in [-0.2, -0.15) is 0 Å². The van der Waals surface area contributed by atoms with Gasteiger partial charge in [0.15, 0.2) is 0 Å². The summed E-state index contributed by atoms with van der Waals surface area (Å²) < 4.78 is 0. The van der Waals surface area contributed by atoms with E-state index in [0.717, 1.165) is 30.9 Å². The molecule has 1 N–H and O–H groups in total. The van der Waals surface area contributed by atoms with Crippen molar-refractivity contribution in [2.24, 2.45) is 0 Å². The highest BCUT2D eigenvalue weighted by molar-refractivity contribution is 7.13. The molecule has 6 nitrogen and oxygen atoms in total. The number of hydrogen-bond acceptors (Lipinski definition) is 5. The summed E-state index contributed by atoms with van der Waals surface area (Å²) in [7, 11) is 0. The third-order valence-electron chi connectivity index (χ3n) is 3.95. The number of nitrogens with one attached hydrogen (secondary N) is 1. The number of carbonyl (C=O) groups excluding carboxylic acids is 1. The standard InChI is InChI=1S/C15H18N4O2S/c1-2-13(21)19-6-3-10(4-7-19)14-17-11(9-12(20)18-14)15-16-5-8-22-15/h5,8-10H,2-4,6-7H2,1H3,(H,17,18,20). The van der Waals surface area contributed by atoms with Gasteiger partial charge >= 0.3 is 0 Å². The number of carbonyl (C=O) groups is 1. The van der Waals surface area contributed by atoms with Crippen molar-refractivity contribution in [3.63, 3.8) is 0 Å². The van der Waals surface area contributed by atoms with Crippen molar-refractivity contribution in [3.05, 3.63) is 33.8 Å². The van der Waals surface area contributed by atoms with E-state index in [4.69, 9.17) is 0 Å².